The van der Waals surface area contributed by atoms with E-state index in [1.165, 1.54) is 53.5 Å². The molecule has 0 spiro atoms. The number of nitrogens with one attached hydrogen (secondary N) is 2. The minimum absolute atomic E-state index is 0.0221. The summed E-state index contributed by atoms with van der Waals surface area (Å²) in [6.45, 7) is 1.59. The largest absolute Gasteiger partial charge is 0.478 e. The van der Waals surface area contributed by atoms with Gasteiger partial charge in [0.05, 0.1) is 22.8 Å². The van der Waals surface area contributed by atoms with Gasteiger partial charge in [0.15, 0.2) is 5.82 Å². The number of piperazine rings is 1. The Bertz CT molecular complexity index is 1780. The van der Waals surface area contributed by atoms with Crippen LogP contribution in [0.4, 0.5) is 15.8 Å². The maximum atomic E-state index is 15.0. The Morgan fingerprint density at radius 2 is 1.80 bits per heavy atom. The van der Waals surface area contributed by atoms with E-state index < -0.39 is 29.6 Å². The van der Waals surface area contributed by atoms with E-state index in [0.717, 1.165) is 18.3 Å². The maximum absolute atomic E-state index is 15.0. The molecule has 5 rings (SSSR count). The molecule has 0 aliphatic carbocycles. The first-order chi connectivity index (χ1) is 22.1. The van der Waals surface area contributed by atoms with Crippen molar-refractivity contribution in [3.05, 3.63) is 101 Å². The molecule has 1 aromatic heterocycles. The summed E-state index contributed by atoms with van der Waals surface area (Å²) in [4.78, 5) is 53.9. The van der Waals surface area contributed by atoms with Gasteiger partial charge in [-0.05, 0) is 77.6 Å². The molecular weight excluding hydrogens is 619 g/mol. The van der Waals surface area contributed by atoms with E-state index in [-0.39, 0.29) is 34.2 Å². The highest BCUT2D eigenvalue weighted by molar-refractivity contribution is 6.31. The van der Waals surface area contributed by atoms with Gasteiger partial charge in [-0.25, -0.2) is 9.18 Å². The zero-order valence-electron chi connectivity index (χ0n) is 24.4. The Hall–Kier alpha value is -5.47. The number of carboxylic acids is 1. The summed E-state index contributed by atoms with van der Waals surface area (Å²) in [5, 5.41) is 25.2. The van der Waals surface area contributed by atoms with Crippen molar-refractivity contribution in [2.75, 3.05) is 36.9 Å². The van der Waals surface area contributed by atoms with Crippen molar-refractivity contribution < 1.29 is 28.7 Å². The minimum Gasteiger partial charge on any atom is -0.478 e. The number of hydrogen-bond donors (Lipinski definition) is 3. The molecule has 46 heavy (non-hydrogen) atoms. The third kappa shape index (κ3) is 7.60. The number of rotatable bonds is 10. The van der Waals surface area contributed by atoms with Crippen LogP contribution in [-0.4, -0.2) is 86.6 Å². The molecule has 1 atom stereocenters. The lowest BCUT2D eigenvalue weighted by atomic mass is 10.0. The van der Waals surface area contributed by atoms with E-state index in [2.05, 4.69) is 26.2 Å². The van der Waals surface area contributed by atoms with Crippen molar-refractivity contribution in [3.8, 4) is 5.69 Å². The first-order valence-corrected chi connectivity index (χ1v) is 14.4. The molecule has 1 unspecified atom stereocenters. The number of nitrogens with zero attached hydrogens (tertiary/aromatic N) is 6. The smallest absolute Gasteiger partial charge is 0.335 e. The molecule has 3 aromatic carbocycles. The average molecular weight is 647 g/mol. The fraction of sp³-hybridized carbons (Fsp3) is 0.194. The summed E-state index contributed by atoms with van der Waals surface area (Å²) < 4.78 is 16.2. The highest BCUT2D eigenvalue weighted by Crippen LogP contribution is 2.25. The molecule has 4 aromatic rings. The number of carbonyl (C=O) groups is 4. The van der Waals surface area contributed by atoms with Gasteiger partial charge >= 0.3 is 5.97 Å². The van der Waals surface area contributed by atoms with Crippen LogP contribution < -0.4 is 15.5 Å². The Morgan fingerprint density at radius 1 is 1.07 bits per heavy atom. The molecule has 0 bridgehead atoms. The van der Waals surface area contributed by atoms with Crippen molar-refractivity contribution in [3.63, 3.8) is 0 Å². The summed E-state index contributed by atoms with van der Waals surface area (Å²) in [5.74, 6) is -3.21. The highest BCUT2D eigenvalue weighted by atomic mass is 35.5. The second kappa shape index (κ2) is 14.1. The first-order valence-electron chi connectivity index (χ1n) is 14.0. The van der Waals surface area contributed by atoms with Gasteiger partial charge in [-0.3, -0.25) is 19.3 Å². The molecule has 13 nitrogen and oxygen atoms in total. The number of hydrogen-bond acceptors (Lipinski definition) is 8. The van der Waals surface area contributed by atoms with E-state index in [1.807, 2.05) is 11.9 Å². The number of aromatic carboxylic acids is 1. The number of halogens is 2. The molecule has 0 saturated carbocycles. The summed E-state index contributed by atoms with van der Waals surface area (Å²) in [6.07, 6.45) is 3.59. The van der Waals surface area contributed by atoms with Crippen molar-refractivity contribution >= 4 is 52.7 Å². The van der Waals surface area contributed by atoms with Gasteiger partial charge in [-0.15, -0.1) is 5.10 Å². The summed E-state index contributed by atoms with van der Waals surface area (Å²) in [5.41, 5.74) is 1.95. The van der Waals surface area contributed by atoms with Crippen LogP contribution in [0.2, 0.25) is 5.02 Å². The number of benzene rings is 3. The monoisotopic (exact) mass is 646 g/mol. The van der Waals surface area contributed by atoms with Gasteiger partial charge in [0.25, 0.3) is 0 Å². The first kappa shape index (κ1) is 31.9. The van der Waals surface area contributed by atoms with Crippen LogP contribution in [0.15, 0.2) is 73.1 Å². The zero-order chi connectivity index (χ0) is 32.8. The summed E-state index contributed by atoms with van der Waals surface area (Å²) in [7, 11) is 1.88. The molecule has 0 radical (unpaired) electrons. The van der Waals surface area contributed by atoms with E-state index in [1.54, 1.807) is 29.2 Å². The summed E-state index contributed by atoms with van der Waals surface area (Å²) in [6, 6.07) is 14.4. The van der Waals surface area contributed by atoms with Crippen LogP contribution >= 0.6 is 11.6 Å². The molecule has 1 aliphatic heterocycles. The van der Waals surface area contributed by atoms with Crippen LogP contribution in [-0.2, 0) is 20.8 Å². The van der Waals surface area contributed by atoms with Crippen LogP contribution in [0.5, 0.6) is 0 Å². The number of amides is 3. The number of aromatic nitrogens is 4. The van der Waals surface area contributed by atoms with Gasteiger partial charge in [0, 0.05) is 42.5 Å². The number of likely N-dealkylation sites (N-methyl/N-ethyl adjacent to an activating group) is 1. The van der Waals surface area contributed by atoms with E-state index in [4.69, 9.17) is 16.7 Å². The van der Waals surface area contributed by atoms with Gasteiger partial charge in [-0.2, -0.15) is 4.68 Å². The van der Waals surface area contributed by atoms with Gasteiger partial charge < -0.3 is 20.6 Å². The third-order valence-corrected chi connectivity index (χ3v) is 7.53. The van der Waals surface area contributed by atoms with Gasteiger partial charge in [-0.1, -0.05) is 23.7 Å². The third-order valence-electron chi connectivity index (χ3n) is 7.24. The molecular formula is C31H28ClFN8O5. The molecule has 3 amide bonds. The standard InChI is InChI=1S/C31H28ClFN8O5/c1-39-14-15-40(28(43)17-39)22-8-2-19(3-9-22)16-25(30(44)35-21-6-4-20(5-7-21)31(45)46)36-27(42)13-10-23-26(41-18-34-37-38-41)12-11-24(32)29(23)33/h2-13,18,25H,14-17H2,1H3,(H,35,44)(H,36,42)(H,45,46). The predicted molar refractivity (Wildman–Crippen MR) is 167 cm³/mol. The van der Waals surface area contributed by atoms with Crippen molar-refractivity contribution in [2.45, 2.75) is 12.5 Å². The Balaban J connectivity index is 1.36. The van der Waals surface area contributed by atoms with E-state index >= 15 is 0 Å². The lowest BCUT2D eigenvalue weighted by Crippen LogP contribution is -2.48. The predicted octanol–water partition coefficient (Wildman–Crippen LogP) is 2.81. The number of carboxylic acid groups (broad SMARTS) is 1. The quantitative estimate of drug-likeness (QED) is 0.220. The lowest BCUT2D eigenvalue weighted by molar-refractivity contribution is -0.123. The molecule has 1 saturated heterocycles. The lowest BCUT2D eigenvalue weighted by Gasteiger charge is -2.32. The number of tetrazole rings is 1. The van der Waals surface area contributed by atoms with E-state index in [9.17, 15) is 23.6 Å². The maximum Gasteiger partial charge on any atom is 0.335 e. The SMILES string of the molecule is CN1CCN(c2ccc(CC(NC(=O)C=Cc3c(-n4cnnn4)ccc(Cl)c3F)C(=O)Nc3ccc(C(=O)O)cc3)cc2)C(=O)C1. The Labute approximate surface area is 267 Å². The Morgan fingerprint density at radius 3 is 2.46 bits per heavy atom. The van der Waals surface area contributed by atoms with E-state index in [0.29, 0.717) is 24.3 Å². The molecule has 1 aliphatic rings. The van der Waals surface area contributed by atoms with Crippen molar-refractivity contribution in [2.24, 2.45) is 0 Å². The summed E-state index contributed by atoms with van der Waals surface area (Å²) >= 11 is 5.98. The van der Waals surface area contributed by atoms with Gasteiger partial charge in [0.2, 0.25) is 17.7 Å². The normalized spacial score (nSPS) is 14.3. The van der Waals surface area contributed by atoms with Crippen molar-refractivity contribution in [1.29, 1.82) is 0 Å². The zero-order valence-corrected chi connectivity index (χ0v) is 25.2. The van der Waals surface area contributed by atoms with Crippen LogP contribution in [0.25, 0.3) is 11.8 Å². The Kier molecular flexibility index (Phi) is 9.79. The fourth-order valence-electron chi connectivity index (χ4n) is 4.81. The second-order valence-electron chi connectivity index (χ2n) is 10.5. The molecule has 2 heterocycles. The van der Waals surface area contributed by atoms with Crippen LogP contribution in [0.3, 0.4) is 0 Å². The average Bonchev–Trinajstić information content (AvgIpc) is 3.57. The minimum atomic E-state index is -1.11. The van der Waals surface area contributed by atoms with Crippen LogP contribution in [0.1, 0.15) is 21.5 Å². The molecule has 236 valence electrons. The topological polar surface area (TPSA) is 163 Å². The fourth-order valence-corrected chi connectivity index (χ4v) is 4.98. The second-order valence-corrected chi connectivity index (χ2v) is 10.9. The highest BCUT2D eigenvalue weighted by Gasteiger charge is 2.24. The van der Waals surface area contributed by atoms with Gasteiger partial charge in [0.1, 0.15) is 12.4 Å². The number of carbonyl (C=O) groups excluding carboxylic acids is 3. The van der Waals surface area contributed by atoms with Crippen LogP contribution in [0, 0.1) is 5.82 Å². The molecule has 15 heteroatoms. The molecule has 1 fully saturated rings. The molecule has 3 N–H and O–H groups in total. The number of anilines is 2. The van der Waals surface area contributed by atoms with Crippen molar-refractivity contribution in [1.82, 2.24) is 30.4 Å².